The highest BCUT2D eigenvalue weighted by atomic mass is 35.5. The molecule has 0 saturated heterocycles. The molecule has 0 aliphatic carbocycles. The predicted octanol–water partition coefficient (Wildman–Crippen LogP) is 2.94. The summed E-state index contributed by atoms with van der Waals surface area (Å²) in [5, 5.41) is -0.0789. The zero-order valence-corrected chi connectivity index (χ0v) is 6.58. The molecule has 0 bridgehead atoms. The van der Waals surface area contributed by atoms with E-state index in [-0.39, 0.29) is 5.02 Å². The second-order valence-electron chi connectivity index (χ2n) is 2.20. The SMILES string of the molecule is Nc1c(Cl)cccc1C(F)(F)F. The third kappa shape index (κ3) is 1.64. The minimum absolute atomic E-state index is 0.0789. The first-order valence-electron chi connectivity index (χ1n) is 3.04. The van der Waals surface area contributed by atoms with Crippen molar-refractivity contribution in [1.29, 1.82) is 0 Å². The maximum absolute atomic E-state index is 12.1. The predicted molar refractivity (Wildman–Crippen MR) is 40.9 cm³/mol. The summed E-state index contributed by atoms with van der Waals surface area (Å²) in [5.74, 6) is 0. The molecule has 0 aliphatic rings. The van der Waals surface area contributed by atoms with Gasteiger partial charge in [-0.3, -0.25) is 0 Å². The second-order valence-corrected chi connectivity index (χ2v) is 2.61. The Bertz CT molecular complexity index is 295. The van der Waals surface area contributed by atoms with Crippen molar-refractivity contribution >= 4 is 17.3 Å². The Labute approximate surface area is 71.9 Å². The number of nitrogens with two attached hydrogens (primary N) is 1. The number of benzene rings is 1. The Hall–Kier alpha value is -0.900. The zero-order chi connectivity index (χ0) is 9.35. The van der Waals surface area contributed by atoms with Gasteiger partial charge in [0, 0.05) is 0 Å². The van der Waals surface area contributed by atoms with Crippen LogP contribution in [0.1, 0.15) is 5.56 Å². The number of rotatable bonds is 0. The average molecular weight is 196 g/mol. The van der Waals surface area contributed by atoms with Gasteiger partial charge in [-0.1, -0.05) is 17.7 Å². The van der Waals surface area contributed by atoms with Crippen molar-refractivity contribution in [3.8, 4) is 0 Å². The van der Waals surface area contributed by atoms with Gasteiger partial charge in [0.2, 0.25) is 0 Å². The van der Waals surface area contributed by atoms with Crippen LogP contribution in [0.2, 0.25) is 5.02 Å². The molecule has 0 heterocycles. The number of halogens is 4. The number of hydrogen-bond acceptors (Lipinski definition) is 1. The van der Waals surface area contributed by atoms with Gasteiger partial charge in [-0.05, 0) is 12.1 Å². The van der Waals surface area contributed by atoms with Gasteiger partial charge in [0.15, 0.2) is 0 Å². The molecule has 1 aromatic carbocycles. The van der Waals surface area contributed by atoms with Crippen LogP contribution in [-0.2, 0) is 6.18 Å². The van der Waals surface area contributed by atoms with Crippen molar-refractivity contribution in [2.45, 2.75) is 6.18 Å². The summed E-state index contributed by atoms with van der Waals surface area (Å²) in [7, 11) is 0. The Kier molecular flexibility index (Phi) is 2.19. The molecule has 1 rings (SSSR count). The van der Waals surface area contributed by atoms with Crippen LogP contribution in [-0.4, -0.2) is 0 Å². The molecule has 2 N–H and O–H groups in total. The van der Waals surface area contributed by atoms with Crippen LogP contribution in [0.3, 0.4) is 0 Å². The van der Waals surface area contributed by atoms with Gasteiger partial charge in [0.1, 0.15) is 0 Å². The van der Waals surface area contributed by atoms with Gasteiger partial charge < -0.3 is 5.73 Å². The van der Waals surface area contributed by atoms with Crippen LogP contribution < -0.4 is 5.73 Å². The number of nitrogen functional groups attached to an aromatic ring is 1. The summed E-state index contributed by atoms with van der Waals surface area (Å²) in [6.07, 6.45) is -4.44. The normalized spacial score (nSPS) is 11.7. The fraction of sp³-hybridized carbons (Fsp3) is 0.143. The Morgan fingerprint density at radius 3 is 2.25 bits per heavy atom. The van der Waals surface area contributed by atoms with E-state index >= 15 is 0 Å². The maximum atomic E-state index is 12.1. The Morgan fingerprint density at radius 1 is 1.25 bits per heavy atom. The van der Waals surface area contributed by atoms with Crippen LogP contribution in [0.25, 0.3) is 0 Å². The van der Waals surface area contributed by atoms with Gasteiger partial charge in [-0.2, -0.15) is 13.2 Å². The lowest BCUT2D eigenvalue weighted by Gasteiger charge is -2.09. The van der Waals surface area contributed by atoms with Crippen molar-refractivity contribution < 1.29 is 13.2 Å². The highest BCUT2D eigenvalue weighted by molar-refractivity contribution is 6.33. The van der Waals surface area contributed by atoms with Crippen LogP contribution in [0, 0.1) is 0 Å². The molecule has 1 aromatic rings. The maximum Gasteiger partial charge on any atom is 0.418 e. The first kappa shape index (κ1) is 9.19. The molecule has 0 spiro atoms. The lowest BCUT2D eigenvalue weighted by Crippen LogP contribution is -2.08. The highest BCUT2D eigenvalue weighted by Gasteiger charge is 2.33. The van der Waals surface area contributed by atoms with E-state index in [4.69, 9.17) is 17.3 Å². The molecule has 0 radical (unpaired) electrons. The number of hydrogen-bond donors (Lipinski definition) is 1. The highest BCUT2D eigenvalue weighted by Crippen LogP contribution is 2.36. The van der Waals surface area contributed by atoms with E-state index < -0.39 is 17.4 Å². The largest absolute Gasteiger partial charge is 0.418 e. The molecule has 1 nitrogen and oxygen atoms in total. The summed E-state index contributed by atoms with van der Waals surface area (Å²) >= 11 is 5.39. The second kappa shape index (κ2) is 2.86. The minimum atomic E-state index is -4.44. The fourth-order valence-electron chi connectivity index (χ4n) is 0.784. The molecule has 0 aliphatic heterocycles. The molecule has 0 aromatic heterocycles. The molecule has 0 unspecified atom stereocenters. The summed E-state index contributed by atoms with van der Waals surface area (Å²) in [6.45, 7) is 0. The van der Waals surface area contributed by atoms with Crippen LogP contribution in [0.4, 0.5) is 18.9 Å². The Morgan fingerprint density at radius 2 is 1.83 bits per heavy atom. The third-order valence-electron chi connectivity index (χ3n) is 1.36. The van der Waals surface area contributed by atoms with Crippen molar-refractivity contribution in [2.75, 3.05) is 5.73 Å². The van der Waals surface area contributed by atoms with Crippen LogP contribution in [0.15, 0.2) is 18.2 Å². The van der Waals surface area contributed by atoms with Gasteiger partial charge >= 0.3 is 6.18 Å². The molecule has 66 valence electrons. The quantitative estimate of drug-likeness (QED) is 0.633. The fourth-order valence-corrected chi connectivity index (χ4v) is 0.959. The van der Waals surface area contributed by atoms with Gasteiger partial charge in [-0.15, -0.1) is 0 Å². The molecule has 12 heavy (non-hydrogen) atoms. The minimum Gasteiger partial charge on any atom is -0.397 e. The molecular formula is C7H5ClF3N. The number of para-hydroxylation sites is 1. The van der Waals surface area contributed by atoms with Crippen LogP contribution in [0.5, 0.6) is 0 Å². The number of anilines is 1. The topological polar surface area (TPSA) is 26.0 Å². The van der Waals surface area contributed by atoms with Crippen LogP contribution >= 0.6 is 11.6 Å². The molecule has 0 fully saturated rings. The zero-order valence-electron chi connectivity index (χ0n) is 5.82. The van der Waals surface area contributed by atoms with Crippen molar-refractivity contribution in [1.82, 2.24) is 0 Å². The molecule has 0 saturated carbocycles. The first-order chi connectivity index (χ1) is 5.43. The molecule has 0 atom stereocenters. The summed E-state index contributed by atoms with van der Waals surface area (Å²) in [5.41, 5.74) is 3.80. The van der Waals surface area contributed by atoms with Gasteiger partial charge in [0.25, 0.3) is 0 Å². The van der Waals surface area contributed by atoms with Gasteiger partial charge in [-0.25, -0.2) is 0 Å². The summed E-state index contributed by atoms with van der Waals surface area (Å²) in [6, 6.07) is 3.41. The standard InChI is InChI=1S/C7H5ClF3N/c8-5-3-1-2-4(6(5)12)7(9,10)11/h1-3H,12H2. The van der Waals surface area contributed by atoms with Crippen molar-refractivity contribution in [3.63, 3.8) is 0 Å². The smallest absolute Gasteiger partial charge is 0.397 e. The summed E-state index contributed by atoms with van der Waals surface area (Å²) in [4.78, 5) is 0. The van der Waals surface area contributed by atoms with E-state index in [2.05, 4.69) is 0 Å². The van der Waals surface area contributed by atoms with E-state index in [1.54, 1.807) is 0 Å². The summed E-state index contributed by atoms with van der Waals surface area (Å²) < 4.78 is 36.3. The monoisotopic (exact) mass is 195 g/mol. The van der Waals surface area contributed by atoms with E-state index in [0.717, 1.165) is 6.07 Å². The lowest BCUT2D eigenvalue weighted by molar-refractivity contribution is -0.136. The molecule has 5 heteroatoms. The number of alkyl halides is 3. The Balaban J connectivity index is 3.26. The van der Waals surface area contributed by atoms with E-state index in [0.29, 0.717) is 0 Å². The van der Waals surface area contributed by atoms with Gasteiger partial charge in [0.05, 0.1) is 16.3 Å². The van der Waals surface area contributed by atoms with Crippen molar-refractivity contribution in [3.05, 3.63) is 28.8 Å². The third-order valence-corrected chi connectivity index (χ3v) is 1.69. The van der Waals surface area contributed by atoms with E-state index in [1.165, 1.54) is 12.1 Å². The molecule has 0 amide bonds. The van der Waals surface area contributed by atoms with E-state index in [9.17, 15) is 13.2 Å². The first-order valence-corrected chi connectivity index (χ1v) is 3.42. The van der Waals surface area contributed by atoms with Crippen molar-refractivity contribution in [2.24, 2.45) is 0 Å². The molecular weight excluding hydrogens is 191 g/mol. The van der Waals surface area contributed by atoms with E-state index in [1.807, 2.05) is 0 Å². The lowest BCUT2D eigenvalue weighted by atomic mass is 10.2. The average Bonchev–Trinajstić information content (AvgIpc) is 1.92.